The van der Waals surface area contributed by atoms with Gasteiger partial charge in [-0.25, -0.2) is 9.48 Å². The van der Waals surface area contributed by atoms with E-state index in [4.69, 9.17) is 10.5 Å². The summed E-state index contributed by atoms with van der Waals surface area (Å²) in [4.78, 5) is 49.4. The minimum Gasteiger partial charge on any atom is -0.444 e. The molecule has 48 heavy (non-hydrogen) atoms. The molecule has 0 atom stereocenters. The molecule has 0 saturated heterocycles. The van der Waals surface area contributed by atoms with Crippen molar-refractivity contribution in [3.63, 3.8) is 0 Å². The Hall–Kier alpha value is -4.10. The Labute approximate surface area is 278 Å². The van der Waals surface area contributed by atoms with Crippen LogP contribution in [0.5, 0.6) is 0 Å². The molecule has 1 fully saturated rings. The first-order valence-corrected chi connectivity index (χ1v) is 16.5. The number of fused-ring (bicyclic) bond motifs is 1. The number of halogens is 3. The number of ketones is 1. The third-order valence-corrected chi connectivity index (χ3v) is 8.53. The van der Waals surface area contributed by atoms with E-state index in [1.54, 1.807) is 26.8 Å². The molecule has 0 bridgehead atoms. The van der Waals surface area contributed by atoms with E-state index in [0.29, 0.717) is 50.8 Å². The second-order valence-corrected chi connectivity index (χ2v) is 14.6. The fourth-order valence-corrected chi connectivity index (χ4v) is 6.35. The molecule has 2 aromatic rings. The van der Waals surface area contributed by atoms with E-state index in [2.05, 4.69) is 21.0 Å². The van der Waals surface area contributed by atoms with Crippen molar-refractivity contribution in [2.45, 2.75) is 123 Å². The van der Waals surface area contributed by atoms with Crippen molar-refractivity contribution in [3.8, 4) is 5.69 Å². The average Bonchev–Trinajstić information content (AvgIpc) is 3.34. The lowest BCUT2D eigenvalue weighted by molar-refractivity contribution is -0.141. The molecular formula is C34H47F3N6O5. The number of amides is 3. The molecule has 0 radical (unpaired) electrons. The third kappa shape index (κ3) is 9.72. The van der Waals surface area contributed by atoms with E-state index in [9.17, 15) is 32.3 Å². The third-order valence-electron chi connectivity index (χ3n) is 8.53. The van der Waals surface area contributed by atoms with Crippen LogP contribution in [0.4, 0.5) is 23.7 Å². The van der Waals surface area contributed by atoms with Crippen LogP contribution in [0.3, 0.4) is 0 Å². The molecule has 4 rings (SSSR count). The molecule has 2 aliphatic rings. The highest BCUT2D eigenvalue weighted by Crippen LogP contribution is 2.42. The number of anilines is 1. The molecule has 0 spiro atoms. The van der Waals surface area contributed by atoms with Crippen molar-refractivity contribution in [2.75, 3.05) is 11.9 Å². The minimum absolute atomic E-state index is 0.00334. The van der Waals surface area contributed by atoms with Gasteiger partial charge >= 0.3 is 12.3 Å². The zero-order chi connectivity index (χ0) is 35.4. The number of alkyl halides is 3. The van der Waals surface area contributed by atoms with Crippen molar-refractivity contribution < 1.29 is 37.1 Å². The average molecular weight is 677 g/mol. The van der Waals surface area contributed by atoms with Gasteiger partial charge in [0, 0.05) is 37.2 Å². The molecule has 5 N–H and O–H groups in total. The molecule has 2 aliphatic carbocycles. The number of hydrogen-bond acceptors (Lipinski definition) is 7. The van der Waals surface area contributed by atoms with Crippen LogP contribution < -0.4 is 21.7 Å². The van der Waals surface area contributed by atoms with Gasteiger partial charge < -0.3 is 26.4 Å². The summed E-state index contributed by atoms with van der Waals surface area (Å²) in [6, 6.07) is 4.42. The highest BCUT2D eigenvalue weighted by atomic mass is 19.4. The van der Waals surface area contributed by atoms with E-state index in [1.807, 2.05) is 13.8 Å². The Morgan fingerprint density at radius 3 is 2.31 bits per heavy atom. The smallest absolute Gasteiger partial charge is 0.435 e. The van der Waals surface area contributed by atoms with Crippen LogP contribution in [0.2, 0.25) is 0 Å². The van der Waals surface area contributed by atoms with Gasteiger partial charge in [0.25, 0.3) is 5.91 Å². The van der Waals surface area contributed by atoms with Crippen molar-refractivity contribution in [3.05, 3.63) is 40.7 Å². The van der Waals surface area contributed by atoms with Crippen molar-refractivity contribution >= 4 is 29.4 Å². The normalized spacial score (nSPS) is 19.3. The fraction of sp³-hybridized carbons (Fsp3) is 0.618. The number of Topliss-reactive ketones (excluding diaryl/α,β-unsaturated/α-hetero) is 1. The zero-order valence-corrected chi connectivity index (χ0v) is 28.3. The van der Waals surface area contributed by atoms with Crippen molar-refractivity contribution in [1.82, 2.24) is 20.4 Å². The molecule has 0 aliphatic heterocycles. The first kappa shape index (κ1) is 36.7. The van der Waals surface area contributed by atoms with Gasteiger partial charge in [-0.1, -0.05) is 20.3 Å². The number of hydrogen-bond donors (Lipinski definition) is 4. The second kappa shape index (κ2) is 14.6. The molecule has 0 unspecified atom stereocenters. The van der Waals surface area contributed by atoms with Gasteiger partial charge in [-0.05, 0) is 89.3 Å². The number of nitrogens with zero attached hydrogens (tertiary/aromatic N) is 2. The number of rotatable bonds is 11. The summed E-state index contributed by atoms with van der Waals surface area (Å²) in [5.41, 5.74) is 3.96. The standard InChI is InChI=1S/C34H47F3N6O5/c1-32(2,3)48-31(47)39-16-8-6-7-9-27(45)41-21-12-10-20(11-13-21)40-24-17-22(14-15-23(24)30(38)46)43-25-18-33(4,5)19-26(44)28(25)29(42-43)34(35,36)37/h14-15,17,20-21,40H,6-13,16,18-19H2,1-5H3,(H2,38,46)(H,39,47)(H,41,45). The molecule has 1 aromatic carbocycles. The minimum atomic E-state index is -4.81. The maximum atomic E-state index is 14.0. The quantitative estimate of drug-likeness (QED) is 0.211. The Bertz CT molecular complexity index is 1520. The number of nitrogens with two attached hydrogens (primary N) is 1. The summed E-state index contributed by atoms with van der Waals surface area (Å²) in [5.74, 6) is -1.32. The number of alkyl carbamates (subject to hydrolysis) is 1. The summed E-state index contributed by atoms with van der Waals surface area (Å²) in [5, 5.41) is 13.0. The van der Waals surface area contributed by atoms with E-state index in [0.717, 1.165) is 17.5 Å². The lowest BCUT2D eigenvalue weighted by Gasteiger charge is -2.31. The van der Waals surface area contributed by atoms with Gasteiger partial charge in [-0.2, -0.15) is 18.3 Å². The number of carbonyl (C=O) groups is 4. The molecule has 1 saturated carbocycles. The predicted molar refractivity (Wildman–Crippen MR) is 174 cm³/mol. The summed E-state index contributed by atoms with van der Waals surface area (Å²) in [7, 11) is 0. The van der Waals surface area contributed by atoms with Gasteiger partial charge in [0.1, 0.15) is 5.60 Å². The highest BCUT2D eigenvalue weighted by molar-refractivity contribution is 6.00. The Morgan fingerprint density at radius 2 is 1.69 bits per heavy atom. The number of nitrogens with one attached hydrogen (secondary N) is 3. The maximum Gasteiger partial charge on any atom is 0.435 e. The van der Waals surface area contributed by atoms with E-state index in [1.165, 1.54) is 12.1 Å². The van der Waals surface area contributed by atoms with Crippen molar-refractivity contribution in [2.24, 2.45) is 11.1 Å². The number of aromatic nitrogens is 2. The van der Waals surface area contributed by atoms with Crippen LogP contribution in [-0.2, 0) is 22.1 Å². The van der Waals surface area contributed by atoms with Crippen LogP contribution in [-0.4, -0.2) is 57.7 Å². The van der Waals surface area contributed by atoms with Gasteiger partial charge in [0.2, 0.25) is 5.91 Å². The summed E-state index contributed by atoms with van der Waals surface area (Å²) in [6.07, 6.45) is 0.311. The molecule has 11 nitrogen and oxygen atoms in total. The van der Waals surface area contributed by atoms with E-state index in [-0.39, 0.29) is 47.8 Å². The first-order chi connectivity index (χ1) is 22.3. The van der Waals surface area contributed by atoms with Crippen LogP contribution in [0, 0.1) is 5.41 Å². The Kier molecular flexibility index (Phi) is 11.1. The Morgan fingerprint density at radius 1 is 1.02 bits per heavy atom. The number of primary amides is 1. The van der Waals surface area contributed by atoms with Gasteiger partial charge in [-0.3, -0.25) is 14.4 Å². The number of ether oxygens (including phenoxy) is 1. The van der Waals surface area contributed by atoms with Crippen molar-refractivity contribution in [1.29, 1.82) is 0 Å². The summed E-state index contributed by atoms with van der Waals surface area (Å²) < 4.78 is 48.3. The Balaban J connectivity index is 1.34. The first-order valence-electron chi connectivity index (χ1n) is 16.5. The molecule has 1 heterocycles. The van der Waals surface area contributed by atoms with E-state index >= 15 is 0 Å². The highest BCUT2D eigenvalue weighted by Gasteiger charge is 2.45. The molecule has 3 amide bonds. The zero-order valence-electron chi connectivity index (χ0n) is 28.3. The van der Waals surface area contributed by atoms with Crippen LogP contribution in [0.15, 0.2) is 18.2 Å². The fourth-order valence-electron chi connectivity index (χ4n) is 6.35. The predicted octanol–water partition coefficient (Wildman–Crippen LogP) is 6.07. The number of carbonyl (C=O) groups excluding carboxylic acids is 4. The van der Waals surface area contributed by atoms with Crippen LogP contribution >= 0.6 is 0 Å². The van der Waals surface area contributed by atoms with Gasteiger partial charge in [0.15, 0.2) is 11.5 Å². The van der Waals surface area contributed by atoms with Crippen LogP contribution in [0.25, 0.3) is 5.69 Å². The lowest BCUT2D eigenvalue weighted by atomic mass is 9.75. The van der Waals surface area contributed by atoms with Gasteiger partial charge in [-0.15, -0.1) is 0 Å². The summed E-state index contributed by atoms with van der Waals surface area (Å²) >= 11 is 0. The molecule has 264 valence electrons. The largest absolute Gasteiger partial charge is 0.444 e. The second-order valence-electron chi connectivity index (χ2n) is 14.6. The topological polar surface area (TPSA) is 157 Å². The molecule has 1 aromatic heterocycles. The monoisotopic (exact) mass is 676 g/mol. The van der Waals surface area contributed by atoms with Crippen LogP contribution in [0.1, 0.15) is 125 Å². The van der Waals surface area contributed by atoms with E-state index < -0.39 is 46.2 Å². The number of benzene rings is 1. The SMILES string of the molecule is CC1(C)CC(=O)c2c(C(F)(F)F)nn(-c3ccc(C(N)=O)c(NC4CCC(NC(=O)CCCCCNC(=O)OC(C)(C)C)CC4)c3)c2C1. The summed E-state index contributed by atoms with van der Waals surface area (Å²) in [6.45, 7) is 9.53. The number of unbranched alkanes of at least 4 members (excludes halogenated alkanes) is 2. The van der Waals surface area contributed by atoms with Gasteiger partial charge in [0.05, 0.1) is 22.5 Å². The molecule has 14 heteroatoms. The molecular weight excluding hydrogens is 629 g/mol. The maximum absolute atomic E-state index is 14.0. The lowest BCUT2D eigenvalue weighted by Crippen LogP contribution is -2.40.